The largest absolute Gasteiger partial charge is 0.460 e. The van der Waals surface area contributed by atoms with E-state index >= 15 is 0 Å². The molecule has 29 heavy (non-hydrogen) atoms. The number of rotatable bonds is 8. The molecule has 3 amide bonds. The second kappa shape index (κ2) is 9.70. The Kier molecular flexibility index (Phi) is 6.80. The number of anilines is 1. The van der Waals surface area contributed by atoms with Crippen LogP contribution in [0.1, 0.15) is 15.9 Å². The third-order valence-corrected chi connectivity index (χ3v) is 4.31. The number of urea groups is 1. The van der Waals surface area contributed by atoms with Gasteiger partial charge in [-0.15, -0.1) is 0 Å². The Bertz CT molecular complexity index is 872. The van der Waals surface area contributed by atoms with Gasteiger partial charge in [0.05, 0.1) is 18.7 Å². The van der Waals surface area contributed by atoms with Crippen LogP contribution in [-0.2, 0) is 14.3 Å². The lowest BCUT2D eigenvalue weighted by Gasteiger charge is -2.32. The lowest BCUT2D eigenvalue weighted by atomic mass is 10.1. The minimum atomic E-state index is -0.589. The quantitative estimate of drug-likeness (QED) is 0.523. The van der Waals surface area contributed by atoms with Crippen LogP contribution in [0.5, 0.6) is 0 Å². The summed E-state index contributed by atoms with van der Waals surface area (Å²) >= 11 is 0. The van der Waals surface area contributed by atoms with Crippen LogP contribution < -0.4 is 10.6 Å². The average Bonchev–Trinajstić information content (AvgIpc) is 2.71. The number of aryl methyl sites for hydroxylation is 1. The smallest absolute Gasteiger partial charge is 0.338 e. The molecule has 0 aromatic heterocycles. The SMILES string of the molecule is Cc1cccc(NC2CN(COCCOC(=O)c3ccccc3)C(=O)NC2=O)c1. The van der Waals surface area contributed by atoms with Gasteiger partial charge in [-0.1, -0.05) is 30.3 Å². The molecule has 0 saturated carbocycles. The summed E-state index contributed by atoms with van der Waals surface area (Å²) < 4.78 is 10.6. The van der Waals surface area contributed by atoms with Crippen LogP contribution >= 0.6 is 0 Å². The van der Waals surface area contributed by atoms with Crippen molar-refractivity contribution in [1.29, 1.82) is 0 Å². The standard InChI is InChI=1S/C21H23N3O5/c1-15-6-5-9-17(12-15)22-18-13-24(21(27)23-19(18)25)14-28-10-11-29-20(26)16-7-3-2-4-8-16/h2-9,12,18,22H,10-11,13-14H2,1H3,(H,23,25,27). The maximum atomic E-state index is 12.1. The highest BCUT2D eigenvalue weighted by atomic mass is 16.6. The maximum absolute atomic E-state index is 12.1. The minimum Gasteiger partial charge on any atom is -0.460 e. The lowest BCUT2D eigenvalue weighted by molar-refractivity contribution is -0.123. The van der Waals surface area contributed by atoms with Crippen molar-refractivity contribution < 1.29 is 23.9 Å². The number of nitrogens with zero attached hydrogens (tertiary/aromatic N) is 1. The summed E-state index contributed by atoms with van der Waals surface area (Å²) in [6.07, 6.45) is 0. The Morgan fingerprint density at radius 3 is 2.69 bits per heavy atom. The van der Waals surface area contributed by atoms with Crippen LogP contribution in [0.25, 0.3) is 0 Å². The molecule has 1 saturated heterocycles. The predicted octanol–water partition coefficient (Wildman–Crippen LogP) is 2.16. The molecule has 1 heterocycles. The van der Waals surface area contributed by atoms with Crippen molar-refractivity contribution in [3.63, 3.8) is 0 Å². The van der Waals surface area contributed by atoms with E-state index in [0.29, 0.717) is 5.56 Å². The molecule has 0 spiro atoms. The molecule has 2 aromatic rings. The number of imide groups is 1. The van der Waals surface area contributed by atoms with Crippen molar-refractivity contribution in [1.82, 2.24) is 10.2 Å². The second-order valence-electron chi connectivity index (χ2n) is 6.62. The van der Waals surface area contributed by atoms with E-state index in [9.17, 15) is 14.4 Å². The first-order valence-corrected chi connectivity index (χ1v) is 9.26. The van der Waals surface area contributed by atoms with E-state index in [1.54, 1.807) is 24.3 Å². The van der Waals surface area contributed by atoms with Gasteiger partial charge < -0.3 is 14.8 Å². The molecule has 3 rings (SSSR count). The van der Waals surface area contributed by atoms with Gasteiger partial charge in [-0.3, -0.25) is 15.0 Å². The van der Waals surface area contributed by atoms with Crippen molar-refractivity contribution in [2.45, 2.75) is 13.0 Å². The zero-order valence-electron chi connectivity index (χ0n) is 16.1. The van der Waals surface area contributed by atoms with E-state index in [2.05, 4.69) is 10.6 Å². The fraction of sp³-hybridized carbons (Fsp3) is 0.286. The highest BCUT2D eigenvalue weighted by Gasteiger charge is 2.32. The molecule has 152 valence electrons. The number of benzene rings is 2. The molecule has 1 aliphatic rings. The van der Waals surface area contributed by atoms with Crippen LogP contribution in [0, 0.1) is 6.92 Å². The van der Waals surface area contributed by atoms with E-state index in [0.717, 1.165) is 11.3 Å². The summed E-state index contributed by atoms with van der Waals surface area (Å²) in [6, 6.07) is 15.2. The van der Waals surface area contributed by atoms with Gasteiger partial charge in [0.1, 0.15) is 19.4 Å². The van der Waals surface area contributed by atoms with E-state index in [-0.39, 0.29) is 32.4 Å². The average molecular weight is 397 g/mol. The van der Waals surface area contributed by atoms with Crippen molar-refractivity contribution in [3.8, 4) is 0 Å². The summed E-state index contributed by atoms with van der Waals surface area (Å²) in [5, 5.41) is 5.44. The zero-order valence-corrected chi connectivity index (χ0v) is 16.1. The molecule has 1 unspecified atom stereocenters. The molecule has 1 atom stereocenters. The fourth-order valence-corrected chi connectivity index (χ4v) is 2.84. The number of hydrogen-bond donors (Lipinski definition) is 2. The number of amides is 3. The molecule has 0 radical (unpaired) electrons. The van der Waals surface area contributed by atoms with Gasteiger partial charge in [-0.2, -0.15) is 0 Å². The highest BCUT2D eigenvalue weighted by Crippen LogP contribution is 2.13. The summed E-state index contributed by atoms with van der Waals surface area (Å²) in [7, 11) is 0. The third kappa shape index (κ3) is 5.79. The van der Waals surface area contributed by atoms with Crippen LogP contribution in [0.15, 0.2) is 54.6 Å². The molecule has 0 aliphatic carbocycles. The lowest BCUT2D eigenvalue weighted by Crippen LogP contribution is -2.59. The van der Waals surface area contributed by atoms with Crippen LogP contribution in [-0.4, -0.2) is 55.3 Å². The normalized spacial score (nSPS) is 16.3. The van der Waals surface area contributed by atoms with Crippen molar-refractivity contribution in [2.75, 3.05) is 31.8 Å². The molecule has 1 fully saturated rings. The Balaban J connectivity index is 1.43. The van der Waals surface area contributed by atoms with Crippen molar-refractivity contribution in [2.24, 2.45) is 0 Å². The molecule has 8 heteroatoms. The highest BCUT2D eigenvalue weighted by molar-refractivity contribution is 6.00. The third-order valence-electron chi connectivity index (χ3n) is 4.31. The molecular weight excluding hydrogens is 374 g/mol. The van der Waals surface area contributed by atoms with Gasteiger partial charge in [0, 0.05) is 5.69 Å². The van der Waals surface area contributed by atoms with E-state index in [4.69, 9.17) is 9.47 Å². The van der Waals surface area contributed by atoms with Gasteiger partial charge >= 0.3 is 12.0 Å². The van der Waals surface area contributed by atoms with Gasteiger partial charge in [0.15, 0.2) is 0 Å². The molecule has 2 N–H and O–H groups in total. The monoisotopic (exact) mass is 397 g/mol. The molecule has 8 nitrogen and oxygen atoms in total. The zero-order chi connectivity index (χ0) is 20.6. The van der Waals surface area contributed by atoms with Crippen molar-refractivity contribution in [3.05, 3.63) is 65.7 Å². The van der Waals surface area contributed by atoms with E-state index in [1.165, 1.54) is 4.90 Å². The Labute approximate surface area is 168 Å². The van der Waals surface area contributed by atoms with Gasteiger partial charge in [0.25, 0.3) is 5.91 Å². The number of esters is 1. The van der Waals surface area contributed by atoms with Gasteiger partial charge in [-0.05, 0) is 36.8 Å². The maximum Gasteiger partial charge on any atom is 0.338 e. The van der Waals surface area contributed by atoms with Crippen LogP contribution in [0.4, 0.5) is 10.5 Å². The molecular formula is C21H23N3O5. The summed E-state index contributed by atoms with van der Waals surface area (Å²) in [4.78, 5) is 37.3. The Morgan fingerprint density at radius 2 is 1.93 bits per heavy atom. The van der Waals surface area contributed by atoms with Gasteiger partial charge in [0.2, 0.25) is 0 Å². The number of carbonyl (C=O) groups excluding carboxylic acids is 3. The Morgan fingerprint density at radius 1 is 1.14 bits per heavy atom. The molecule has 1 aliphatic heterocycles. The fourth-order valence-electron chi connectivity index (χ4n) is 2.84. The summed E-state index contributed by atoms with van der Waals surface area (Å²) in [6.45, 7) is 2.30. The number of carbonyl (C=O) groups is 3. The van der Waals surface area contributed by atoms with Crippen LogP contribution in [0.2, 0.25) is 0 Å². The molecule has 2 aromatic carbocycles. The first-order chi connectivity index (χ1) is 14.0. The summed E-state index contributed by atoms with van der Waals surface area (Å²) in [5.74, 6) is -0.817. The minimum absolute atomic E-state index is 0.0198. The first-order valence-electron chi connectivity index (χ1n) is 9.26. The van der Waals surface area contributed by atoms with E-state index in [1.807, 2.05) is 37.3 Å². The first kappa shape index (κ1) is 20.3. The predicted molar refractivity (Wildman–Crippen MR) is 106 cm³/mol. The number of hydrogen-bond acceptors (Lipinski definition) is 6. The second-order valence-corrected chi connectivity index (χ2v) is 6.62. The van der Waals surface area contributed by atoms with Gasteiger partial charge in [-0.25, -0.2) is 9.59 Å². The number of nitrogens with one attached hydrogen (secondary N) is 2. The number of ether oxygens (including phenoxy) is 2. The van der Waals surface area contributed by atoms with Crippen molar-refractivity contribution >= 4 is 23.6 Å². The summed E-state index contributed by atoms with van der Waals surface area (Å²) in [5.41, 5.74) is 2.33. The van der Waals surface area contributed by atoms with E-state index < -0.39 is 18.0 Å². The molecule has 0 bridgehead atoms. The Hall–Kier alpha value is -3.39. The van der Waals surface area contributed by atoms with Crippen LogP contribution in [0.3, 0.4) is 0 Å². The topological polar surface area (TPSA) is 97.0 Å².